The van der Waals surface area contributed by atoms with Gasteiger partial charge < -0.3 is 24.1 Å². The maximum absolute atomic E-state index is 12.3. The van der Waals surface area contributed by atoms with Gasteiger partial charge in [-0.05, 0) is 71.1 Å². The van der Waals surface area contributed by atoms with Gasteiger partial charge in [0.2, 0.25) is 0 Å². The molecule has 0 amide bonds. The molecular formula is C31H41ClO8. The van der Waals surface area contributed by atoms with Crippen LogP contribution in [0.4, 0.5) is 0 Å². The zero-order chi connectivity index (χ0) is 29.7. The summed E-state index contributed by atoms with van der Waals surface area (Å²) in [6.45, 7) is 9.43. The molecule has 0 heterocycles. The third-order valence-corrected chi connectivity index (χ3v) is 6.49. The second-order valence-corrected chi connectivity index (χ2v) is 9.85. The number of benzene rings is 2. The topological polar surface area (TPSA) is 108 Å². The van der Waals surface area contributed by atoms with Gasteiger partial charge in [-0.25, -0.2) is 4.79 Å². The van der Waals surface area contributed by atoms with Gasteiger partial charge in [-0.15, -0.1) is 0 Å². The van der Waals surface area contributed by atoms with Gasteiger partial charge in [0.1, 0.15) is 23.0 Å². The maximum atomic E-state index is 12.3. The molecule has 40 heavy (non-hydrogen) atoms. The number of unbranched alkanes of at least 4 members (excludes halogenated alkanes) is 2. The Morgan fingerprint density at radius 3 is 1.98 bits per heavy atom. The summed E-state index contributed by atoms with van der Waals surface area (Å²) in [5.41, 5.74) is 1.98. The van der Waals surface area contributed by atoms with Gasteiger partial charge in [0, 0.05) is 11.1 Å². The van der Waals surface area contributed by atoms with Gasteiger partial charge in [-0.2, -0.15) is 0 Å². The molecule has 1 N–H and O–H groups in total. The lowest BCUT2D eigenvalue weighted by Gasteiger charge is -2.19. The minimum absolute atomic E-state index is 0.0697. The first-order valence-electron chi connectivity index (χ1n) is 13.9. The Labute approximate surface area is 241 Å². The van der Waals surface area contributed by atoms with E-state index >= 15 is 0 Å². The Morgan fingerprint density at radius 1 is 0.800 bits per heavy atom. The van der Waals surface area contributed by atoms with E-state index in [1.54, 1.807) is 19.1 Å². The van der Waals surface area contributed by atoms with E-state index in [2.05, 4.69) is 0 Å². The monoisotopic (exact) mass is 576 g/mol. The van der Waals surface area contributed by atoms with Crippen molar-refractivity contribution >= 4 is 29.1 Å². The number of carbonyl (C=O) groups is 3. The molecule has 2 aromatic carbocycles. The first-order valence-corrected chi connectivity index (χ1v) is 14.3. The fraction of sp³-hybridized carbons (Fsp3) is 0.516. The van der Waals surface area contributed by atoms with Crippen molar-refractivity contribution < 1.29 is 38.4 Å². The average molecular weight is 577 g/mol. The number of hydrogen-bond donors (Lipinski definition) is 1. The number of Topliss-reactive ketones (excluding diaryl/α,β-unsaturated/α-hetero) is 2. The summed E-state index contributed by atoms with van der Waals surface area (Å²) >= 11 is 6.39. The number of phenolic OH excluding ortho intramolecular Hbond substituents is 1. The van der Waals surface area contributed by atoms with Crippen LogP contribution in [0.2, 0.25) is 5.02 Å². The van der Waals surface area contributed by atoms with Crippen LogP contribution in [0.5, 0.6) is 23.0 Å². The SMILES string of the molecule is CCCc1c(O)c(C(C)=O)cc(Cl)c1OCCCCCOc1c(C(C)=O)ccc(OCC(=O)OCC)c1CCC. The molecule has 8 nitrogen and oxygen atoms in total. The predicted molar refractivity (Wildman–Crippen MR) is 155 cm³/mol. The molecule has 0 saturated carbocycles. The zero-order valence-electron chi connectivity index (χ0n) is 24.2. The summed E-state index contributed by atoms with van der Waals surface area (Å²) in [7, 11) is 0. The lowest BCUT2D eigenvalue weighted by molar-refractivity contribution is -0.145. The normalized spacial score (nSPS) is 10.8. The second kappa shape index (κ2) is 16.8. The van der Waals surface area contributed by atoms with Crippen molar-refractivity contribution in [3.05, 3.63) is 45.5 Å². The molecule has 0 aromatic heterocycles. The van der Waals surface area contributed by atoms with Crippen molar-refractivity contribution in [3.8, 4) is 23.0 Å². The van der Waals surface area contributed by atoms with E-state index in [-0.39, 0.29) is 36.1 Å². The van der Waals surface area contributed by atoms with Crippen LogP contribution >= 0.6 is 11.6 Å². The van der Waals surface area contributed by atoms with Crippen molar-refractivity contribution in [2.24, 2.45) is 0 Å². The van der Waals surface area contributed by atoms with Crippen LogP contribution in [0, 0.1) is 0 Å². The predicted octanol–water partition coefficient (Wildman–Crippen LogP) is 6.93. The molecule has 0 radical (unpaired) electrons. The Morgan fingerprint density at radius 2 is 1.40 bits per heavy atom. The molecule has 0 bridgehead atoms. The lowest BCUT2D eigenvalue weighted by Crippen LogP contribution is -2.16. The Hall–Kier alpha value is -3.26. The van der Waals surface area contributed by atoms with Crippen LogP contribution in [0.1, 0.15) is 98.6 Å². The molecular weight excluding hydrogens is 536 g/mol. The van der Waals surface area contributed by atoms with Crippen LogP contribution in [-0.2, 0) is 22.4 Å². The molecule has 9 heteroatoms. The lowest BCUT2D eigenvalue weighted by atomic mass is 10.0. The number of ether oxygens (including phenoxy) is 4. The van der Waals surface area contributed by atoms with Crippen molar-refractivity contribution in [2.75, 3.05) is 26.4 Å². The molecule has 0 aliphatic rings. The molecule has 220 valence electrons. The average Bonchev–Trinajstić information content (AvgIpc) is 2.90. The van der Waals surface area contributed by atoms with Crippen LogP contribution in [0.15, 0.2) is 18.2 Å². The molecule has 0 saturated heterocycles. The van der Waals surface area contributed by atoms with Crippen molar-refractivity contribution in [1.29, 1.82) is 0 Å². The summed E-state index contributed by atoms with van der Waals surface area (Å²) in [6.07, 6.45) is 4.94. The van der Waals surface area contributed by atoms with Gasteiger partial charge in [0.05, 0.1) is 36.0 Å². The second-order valence-electron chi connectivity index (χ2n) is 9.44. The molecule has 0 unspecified atom stereocenters. The third kappa shape index (κ3) is 9.15. The van der Waals surface area contributed by atoms with Crippen molar-refractivity contribution in [2.45, 2.75) is 79.6 Å². The number of carbonyl (C=O) groups excluding carboxylic acids is 3. The van der Waals surface area contributed by atoms with E-state index in [0.29, 0.717) is 72.3 Å². The first kappa shape index (κ1) is 32.9. The Balaban J connectivity index is 2.02. The minimum Gasteiger partial charge on any atom is -0.507 e. The standard InChI is InChI=1S/C31H41ClO8/c1-6-12-23-27(40-19-28(35)37-8-3)15-14-22(20(4)33)30(23)38-16-10-9-11-17-39-31-24(13-7-2)29(36)25(21(5)34)18-26(31)32/h14-15,18,36H,6-13,16-17,19H2,1-5H3. The Kier molecular flexibility index (Phi) is 13.8. The summed E-state index contributed by atoms with van der Waals surface area (Å²) < 4.78 is 22.7. The highest BCUT2D eigenvalue weighted by molar-refractivity contribution is 6.32. The quantitative estimate of drug-likeness (QED) is 0.116. The van der Waals surface area contributed by atoms with Crippen LogP contribution < -0.4 is 14.2 Å². The molecule has 0 atom stereocenters. The molecule has 2 rings (SSSR count). The summed E-state index contributed by atoms with van der Waals surface area (Å²) in [6, 6.07) is 4.81. The highest BCUT2D eigenvalue weighted by Gasteiger charge is 2.21. The summed E-state index contributed by atoms with van der Waals surface area (Å²) in [4.78, 5) is 36.0. The van der Waals surface area contributed by atoms with E-state index in [4.69, 9.17) is 30.5 Å². The number of aromatic hydroxyl groups is 1. The van der Waals surface area contributed by atoms with Gasteiger partial charge in [-0.3, -0.25) is 9.59 Å². The number of esters is 1. The van der Waals surface area contributed by atoms with E-state index in [1.165, 1.54) is 19.9 Å². The molecule has 0 spiro atoms. The first-order chi connectivity index (χ1) is 19.2. The number of phenols is 1. The van der Waals surface area contributed by atoms with Crippen LogP contribution in [0.3, 0.4) is 0 Å². The smallest absolute Gasteiger partial charge is 0.344 e. The van der Waals surface area contributed by atoms with Crippen LogP contribution in [0.25, 0.3) is 0 Å². The largest absolute Gasteiger partial charge is 0.507 e. The third-order valence-electron chi connectivity index (χ3n) is 6.21. The van der Waals surface area contributed by atoms with Gasteiger partial charge >= 0.3 is 5.97 Å². The number of halogens is 1. The van der Waals surface area contributed by atoms with E-state index in [0.717, 1.165) is 24.8 Å². The fourth-order valence-electron chi connectivity index (χ4n) is 4.32. The van der Waals surface area contributed by atoms with Gasteiger partial charge in [0.15, 0.2) is 18.2 Å². The van der Waals surface area contributed by atoms with Crippen molar-refractivity contribution in [1.82, 2.24) is 0 Å². The number of ketones is 2. The minimum atomic E-state index is -0.460. The molecule has 0 aliphatic heterocycles. The van der Waals surface area contributed by atoms with Crippen LogP contribution in [-0.4, -0.2) is 49.1 Å². The number of rotatable bonds is 18. The molecule has 2 aromatic rings. The highest BCUT2D eigenvalue weighted by Crippen LogP contribution is 2.39. The molecule has 0 fully saturated rings. The Bertz CT molecular complexity index is 1170. The zero-order valence-corrected chi connectivity index (χ0v) is 24.9. The van der Waals surface area contributed by atoms with E-state index in [1.807, 2.05) is 13.8 Å². The molecule has 0 aliphatic carbocycles. The summed E-state index contributed by atoms with van der Waals surface area (Å²) in [5.74, 6) is 0.507. The summed E-state index contributed by atoms with van der Waals surface area (Å²) in [5, 5.41) is 10.9. The van der Waals surface area contributed by atoms with Crippen molar-refractivity contribution in [3.63, 3.8) is 0 Å². The van der Waals surface area contributed by atoms with Gasteiger partial charge in [-0.1, -0.05) is 38.3 Å². The van der Waals surface area contributed by atoms with Gasteiger partial charge in [0.25, 0.3) is 0 Å². The number of hydrogen-bond acceptors (Lipinski definition) is 8. The van der Waals surface area contributed by atoms with E-state index < -0.39 is 5.97 Å². The van der Waals surface area contributed by atoms with E-state index in [9.17, 15) is 19.5 Å². The highest BCUT2D eigenvalue weighted by atomic mass is 35.5. The fourth-order valence-corrected chi connectivity index (χ4v) is 4.60. The maximum Gasteiger partial charge on any atom is 0.344 e.